The summed E-state index contributed by atoms with van der Waals surface area (Å²) in [6.07, 6.45) is 0. The minimum Gasteiger partial charge on any atom is -0.338 e. The van der Waals surface area contributed by atoms with Crippen molar-refractivity contribution in [2.24, 2.45) is 0 Å². The van der Waals surface area contributed by atoms with Crippen LogP contribution in [0.1, 0.15) is 0 Å². The van der Waals surface area contributed by atoms with Crippen LogP contribution in [0.15, 0.2) is 48.5 Å². The van der Waals surface area contributed by atoms with E-state index in [9.17, 15) is 4.39 Å². The minimum absolute atomic E-state index is 0.253. The van der Waals surface area contributed by atoms with E-state index in [0.29, 0.717) is 0 Å². The lowest BCUT2D eigenvalue weighted by Gasteiger charge is -2.32. The Morgan fingerprint density at radius 3 is 2.50 bits per heavy atom. The molecule has 1 aliphatic rings. The molecule has 122 valence electrons. The molecule has 0 bridgehead atoms. The number of hydrogen-bond acceptors (Lipinski definition) is 4. The third-order valence-electron chi connectivity index (χ3n) is 4.48. The summed E-state index contributed by atoms with van der Waals surface area (Å²) in [6, 6.07) is 14.5. The Kier molecular flexibility index (Phi) is 3.86. The molecule has 2 heterocycles. The monoisotopic (exact) mass is 322 g/mol. The van der Waals surface area contributed by atoms with Gasteiger partial charge in [-0.15, -0.1) is 0 Å². The number of rotatable bonds is 2. The zero-order valence-electron chi connectivity index (χ0n) is 13.6. The van der Waals surface area contributed by atoms with Crippen LogP contribution in [0.5, 0.6) is 0 Å². The third kappa shape index (κ3) is 2.83. The van der Waals surface area contributed by atoms with Crippen LogP contribution in [0, 0.1) is 5.82 Å². The average Bonchev–Trinajstić information content (AvgIpc) is 2.61. The molecule has 0 aliphatic carbocycles. The zero-order valence-corrected chi connectivity index (χ0v) is 13.6. The lowest BCUT2D eigenvalue weighted by molar-refractivity contribution is 0.311. The number of hydrogen-bond donors (Lipinski definition) is 0. The number of fused-ring (bicyclic) bond motifs is 1. The largest absolute Gasteiger partial charge is 0.338 e. The van der Waals surface area contributed by atoms with Gasteiger partial charge in [-0.05, 0) is 25.2 Å². The van der Waals surface area contributed by atoms with E-state index in [-0.39, 0.29) is 5.82 Å². The summed E-state index contributed by atoms with van der Waals surface area (Å²) in [4.78, 5) is 14.0. The Morgan fingerprint density at radius 1 is 0.917 bits per heavy atom. The SMILES string of the molecule is CN1CCN(c2nc(-c3cccc(F)c3)c3ccccc3n2)CC1. The molecule has 2 aromatic carbocycles. The Labute approximate surface area is 140 Å². The smallest absolute Gasteiger partial charge is 0.226 e. The second-order valence-electron chi connectivity index (χ2n) is 6.19. The van der Waals surface area contributed by atoms with E-state index >= 15 is 0 Å². The van der Waals surface area contributed by atoms with Crippen molar-refractivity contribution in [1.29, 1.82) is 0 Å². The van der Waals surface area contributed by atoms with E-state index in [1.54, 1.807) is 6.07 Å². The lowest BCUT2D eigenvalue weighted by Crippen LogP contribution is -2.45. The molecule has 0 N–H and O–H groups in total. The average molecular weight is 322 g/mol. The molecule has 24 heavy (non-hydrogen) atoms. The molecule has 0 saturated carbocycles. The number of anilines is 1. The van der Waals surface area contributed by atoms with Crippen LogP contribution in [0.25, 0.3) is 22.2 Å². The summed E-state index contributed by atoms with van der Waals surface area (Å²) >= 11 is 0. The normalized spacial score (nSPS) is 15.8. The lowest BCUT2D eigenvalue weighted by atomic mass is 10.1. The maximum atomic E-state index is 13.7. The van der Waals surface area contributed by atoms with Crippen molar-refractivity contribution in [3.05, 3.63) is 54.3 Å². The highest BCUT2D eigenvalue weighted by Crippen LogP contribution is 2.28. The van der Waals surface area contributed by atoms with Crippen molar-refractivity contribution in [3.63, 3.8) is 0 Å². The number of benzene rings is 2. The van der Waals surface area contributed by atoms with Crippen molar-refractivity contribution in [3.8, 4) is 11.3 Å². The Balaban J connectivity index is 1.85. The molecule has 1 aromatic heterocycles. The summed E-state index contributed by atoms with van der Waals surface area (Å²) < 4.78 is 13.7. The maximum Gasteiger partial charge on any atom is 0.226 e. The Bertz CT molecular complexity index is 872. The third-order valence-corrected chi connectivity index (χ3v) is 4.48. The topological polar surface area (TPSA) is 32.3 Å². The van der Waals surface area contributed by atoms with Crippen LogP contribution in [0.3, 0.4) is 0 Å². The van der Waals surface area contributed by atoms with Gasteiger partial charge in [0.05, 0.1) is 11.2 Å². The van der Waals surface area contributed by atoms with Gasteiger partial charge in [0.2, 0.25) is 5.95 Å². The summed E-state index contributed by atoms with van der Waals surface area (Å²) in [5.74, 6) is 0.470. The molecule has 0 amide bonds. The number of aromatic nitrogens is 2. The van der Waals surface area contributed by atoms with Gasteiger partial charge >= 0.3 is 0 Å². The molecule has 1 saturated heterocycles. The molecule has 3 aromatic rings. The number of nitrogens with zero attached hydrogens (tertiary/aromatic N) is 4. The highest BCUT2D eigenvalue weighted by atomic mass is 19.1. The van der Waals surface area contributed by atoms with Gasteiger partial charge in [0.25, 0.3) is 0 Å². The van der Waals surface area contributed by atoms with Crippen LogP contribution >= 0.6 is 0 Å². The van der Waals surface area contributed by atoms with Crippen LogP contribution in [-0.4, -0.2) is 48.1 Å². The van der Waals surface area contributed by atoms with Crippen LogP contribution < -0.4 is 4.90 Å². The maximum absolute atomic E-state index is 13.7. The van der Waals surface area contributed by atoms with Crippen molar-refractivity contribution in [1.82, 2.24) is 14.9 Å². The molecule has 0 spiro atoms. The van der Waals surface area contributed by atoms with Gasteiger partial charge in [-0.1, -0.05) is 30.3 Å². The number of para-hydroxylation sites is 1. The van der Waals surface area contributed by atoms with Crippen molar-refractivity contribution < 1.29 is 4.39 Å². The van der Waals surface area contributed by atoms with E-state index in [0.717, 1.165) is 54.3 Å². The molecule has 5 heteroatoms. The van der Waals surface area contributed by atoms with Gasteiger partial charge in [-0.2, -0.15) is 0 Å². The van der Waals surface area contributed by atoms with Crippen LogP contribution in [-0.2, 0) is 0 Å². The molecule has 0 unspecified atom stereocenters. The van der Waals surface area contributed by atoms with Crippen molar-refractivity contribution in [2.75, 3.05) is 38.1 Å². The van der Waals surface area contributed by atoms with Gasteiger partial charge in [-0.25, -0.2) is 14.4 Å². The fourth-order valence-electron chi connectivity index (χ4n) is 3.07. The highest BCUT2D eigenvalue weighted by molar-refractivity contribution is 5.93. The fraction of sp³-hybridized carbons (Fsp3) is 0.263. The fourth-order valence-corrected chi connectivity index (χ4v) is 3.07. The molecule has 1 aliphatic heterocycles. The number of likely N-dealkylation sites (N-methyl/N-ethyl adjacent to an activating group) is 1. The zero-order chi connectivity index (χ0) is 16.5. The number of halogens is 1. The molecule has 1 fully saturated rings. The molecule has 0 atom stereocenters. The van der Waals surface area contributed by atoms with E-state index in [4.69, 9.17) is 9.97 Å². The van der Waals surface area contributed by atoms with Gasteiger partial charge in [0.15, 0.2) is 0 Å². The van der Waals surface area contributed by atoms with Crippen LogP contribution in [0.4, 0.5) is 10.3 Å². The summed E-state index contributed by atoms with van der Waals surface area (Å²) in [5, 5.41) is 0.945. The Morgan fingerprint density at radius 2 is 1.71 bits per heavy atom. The van der Waals surface area contributed by atoms with Gasteiger partial charge < -0.3 is 9.80 Å². The highest BCUT2D eigenvalue weighted by Gasteiger charge is 2.19. The van der Waals surface area contributed by atoms with E-state index in [1.807, 2.05) is 30.3 Å². The van der Waals surface area contributed by atoms with Crippen LogP contribution in [0.2, 0.25) is 0 Å². The predicted molar refractivity (Wildman–Crippen MR) is 94.6 cm³/mol. The summed E-state index contributed by atoms with van der Waals surface area (Å²) in [5.41, 5.74) is 2.46. The van der Waals surface area contributed by atoms with E-state index in [1.165, 1.54) is 12.1 Å². The van der Waals surface area contributed by atoms with Crippen molar-refractivity contribution >= 4 is 16.9 Å². The molecular formula is C19H19FN4. The first-order chi connectivity index (χ1) is 11.7. The second-order valence-corrected chi connectivity index (χ2v) is 6.19. The van der Waals surface area contributed by atoms with Gasteiger partial charge in [0.1, 0.15) is 5.82 Å². The summed E-state index contributed by atoms with van der Waals surface area (Å²) in [6.45, 7) is 3.78. The molecule has 4 rings (SSSR count). The first kappa shape index (κ1) is 15.0. The minimum atomic E-state index is -0.253. The Hall–Kier alpha value is -2.53. The number of piperazine rings is 1. The molecular weight excluding hydrogens is 303 g/mol. The second kappa shape index (κ2) is 6.17. The molecule has 0 radical (unpaired) electrons. The predicted octanol–water partition coefficient (Wildman–Crippen LogP) is 3.19. The standard InChI is InChI=1S/C19H19FN4/c1-23-9-11-24(12-10-23)19-21-17-8-3-2-7-16(17)18(22-19)14-5-4-6-15(20)13-14/h2-8,13H,9-12H2,1H3. The van der Waals surface area contributed by atoms with Gasteiger partial charge in [-0.3, -0.25) is 0 Å². The quantitative estimate of drug-likeness (QED) is 0.725. The first-order valence-electron chi connectivity index (χ1n) is 8.17. The first-order valence-corrected chi connectivity index (χ1v) is 8.17. The van der Waals surface area contributed by atoms with Gasteiger partial charge in [0, 0.05) is 37.1 Å². The van der Waals surface area contributed by atoms with Crippen molar-refractivity contribution in [2.45, 2.75) is 0 Å². The summed E-state index contributed by atoms with van der Waals surface area (Å²) in [7, 11) is 2.12. The van der Waals surface area contributed by atoms with E-state index < -0.39 is 0 Å². The van der Waals surface area contributed by atoms with E-state index in [2.05, 4.69) is 16.8 Å². The molecule has 4 nitrogen and oxygen atoms in total.